The van der Waals surface area contributed by atoms with Gasteiger partial charge in [0.05, 0.1) is 5.69 Å². The van der Waals surface area contributed by atoms with Gasteiger partial charge in [-0.2, -0.15) is 5.10 Å². The second-order valence-corrected chi connectivity index (χ2v) is 3.50. The van der Waals surface area contributed by atoms with Crippen LogP contribution in [0.3, 0.4) is 0 Å². The average molecular weight is 202 g/mol. The summed E-state index contributed by atoms with van der Waals surface area (Å²) in [6, 6.07) is 1.60. The minimum absolute atomic E-state index is 0.195. The second kappa shape index (κ2) is 4.29. The number of carbonyl (C=O) groups is 1. The molecular weight excluding hydrogens is 192 g/mol. The first-order valence-electron chi connectivity index (χ1n) is 3.58. The van der Waals surface area contributed by atoms with Crippen molar-refractivity contribution in [3.8, 4) is 0 Å². The van der Waals surface area contributed by atoms with E-state index in [-0.39, 0.29) is 6.61 Å². The number of aromatic nitrogens is 2. The first kappa shape index (κ1) is 10.1. The molecule has 1 atom stereocenters. The summed E-state index contributed by atoms with van der Waals surface area (Å²) >= 11 is -1.30. The Morgan fingerprint density at radius 1 is 1.77 bits per heavy atom. The number of nitrogens with zero attached hydrogens (tertiary/aromatic N) is 2. The molecule has 1 unspecified atom stereocenters. The summed E-state index contributed by atoms with van der Waals surface area (Å²) in [5.74, 6) is 0. The predicted molar refractivity (Wildman–Crippen MR) is 47.5 cm³/mol. The zero-order valence-corrected chi connectivity index (χ0v) is 8.21. The third-order valence-electron chi connectivity index (χ3n) is 1.49. The highest BCUT2D eigenvalue weighted by Crippen LogP contribution is 2.03. The van der Waals surface area contributed by atoms with Crippen LogP contribution in [-0.4, -0.2) is 26.5 Å². The molecule has 0 aromatic carbocycles. The Kier molecular flexibility index (Phi) is 3.32. The fourth-order valence-electron chi connectivity index (χ4n) is 0.866. The van der Waals surface area contributed by atoms with Gasteiger partial charge >= 0.3 is 0 Å². The van der Waals surface area contributed by atoms with Gasteiger partial charge in [-0.3, -0.25) is 13.7 Å². The molecule has 72 valence electrons. The summed E-state index contributed by atoms with van der Waals surface area (Å²) in [5.41, 5.74) is 1.07. The number of aldehydes is 1. The van der Waals surface area contributed by atoms with E-state index in [1.54, 1.807) is 13.1 Å². The Labute approximate surface area is 78.4 Å². The molecule has 1 rings (SSSR count). The minimum atomic E-state index is -1.30. The van der Waals surface area contributed by atoms with Crippen LogP contribution in [-0.2, 0) is 28.9 Å². The number of rotatable bonds is 4. The molecule has 5 nitrogen and oxygen atoms in total. The van der Waals surface area contributed by atoms with Gasteiger partial charge in [-0.05, 0) is 6.07 Å². The molecule has 0 aliphatic heterocycles. The Hall–Kier alpha value is -1.01. The molecule has 0 spiro atoms. The molecule has 0 fully saturated rings. The van der Waals surface area contributed by atoms with Crippen LogP contribution in [0.5, 0.6) is 0 Å². The summed E-state index contributed by atoms with van der Waals surface area (Å²) in [5, 5.41) is 3.88. The summed E-state index contributed by atoms with van der Waals surface area (Å²) in [7, 11) is 1.70. The maximum Gasteiger partial charge on any atom is 0.170 e. The number of hydrogen-bond donors (Lipinski definition) is 0. The largest absolute Gasteiger partial charge is 0.296 e. The first-order chi connectivity index (χ1) is 6.13. The molecule has 0 amide bonds. The van der Waals surface area contributed by atoms with Gasteiger partial charge in [0.2, 0.25) is 0 Å². The fraction of sp³-hybridized carbons (Fsp3) is 0.429. The smallest absolute Gasteiger partial charge is 0.170 e. The lowest BCUT2D eigenvalue weighted by Crippen LogP contribution is -2.02. The molecule has 0 saturated heterocycles. The van der Waals surface area contributed by atoms with E-state index in [0.29, 0.717) is 12.0 Å². The third-order valence-corrected chi connectivity index (χ3v) is 1.94. The minimum Gasteiger partial charge on any atom is -0.296 e. The summed E-state index contributed by atoms with van der Waals surface area (Å²) in [6.07, 6.45) is 2.10. The molecule has 6 heteroatoms. The average Bonchev–Trinajstić information content (AvgIpc) is 2.43. The van der Waals surface area contributed by atoms with Crippen LogP contribution >= 0.6 is 0 Å². The van der Waals surface area contributed by atoms with Crippen molar-refractivity contribution in [1.29, 1.82) is 0 Å². The van der Waals surface area contributed by atoms with E-state index in [1.165, 1.54) is 10.9 Å². The summed E-state index contributed by atoms with van der Waals surface area (Å²) in [6.45, 7) is 0.195. The van der Waals surface area contributed by atoms with Gasteiger partial charge in [0.25, 0.3) is 0 Å². The van der Waals surface area contributed by atoms with Crippen LogP contribution in [0.25, 0.3) is 0 Å². The third kappa shape index (κ3) is 2.74. The van der Waals surface area contributed by atoms with Crippen molar-refractivity contribution in [2.75, 3.05) is 6.26 Å². The van der Waals surface area contributed by atoms with Crippen molar-refractivity contribution < 1.29 is 13.2 Å². The normalized spacial score (nSPS) is 12.8. The van der Waals surface area contributed by atoms with Crippen LogP contribution in [0.4, 0.5) is 0 Å². The molecule has 0 saturated carbocycles. The first-order valence-corrected chi connectivity index (χ1v) is 5.06. The molecule has 0 radical (unpaired) electrons. The summed E-state index contributed by atoms with van der Waals surface area (Å²) in [4.78, 5) is 10.3. The molecule has 0 aliphatic carbocycles. The Bertz CT molecular complexity index is 334. The van der Waals surface area contributed by atoms with E-state index >= 15 is 0 Å². The van der Waals surface area contributed by atoms with E-state index in [2.05, 4.69) is 5.10 Å². The van der Waals surface area contributed by atoms with Crippen molar-refractivity contribution in [1.82, 2.24) is 9.78 Å². The van der Waals surface area contributed by atoms with Crippen LogP contribution in [0.1, 0.15) is 16.2 Å². The van der Waals surface area contributed by atoms with E-state index in [0.717, 1.165) is 5.69 Å². The van der Waals surface area contributed by atoms with Crippen molar-refractivity contribution in [2.24, 2.45) is 7.05 Å². The molecule has 13 heavy (non-hydrogen) atoms. The lowest BCUT2D eigenvalue weighted by molar-refractivity contribution is 0.111. The second-order valence-electron chi connectivity index (χ2n) is 2.47. The highest BCUT2D eigenvalue weighted by Gasteiger charge is 2.04. The van der Waals surface area contributed by atoms with Crippen molar-refractivity contribution >= 4 is 17.4 Å². The van der Waals surface area contributed by atoms with Crippen LogP contribution in [0, 0.1) is 0 Å². The van der Waals surface area contributed by atoms with Crippen molar-refractivity contribution in [3.05, 3.63) is 17.5 Å². The van der Waals surface area contributed by atoms with Crippen LogP contribution in [0.2, 0.25) is 0 Å². The van der Waals surface area contributed by atoms with E-state index < -0.39 is 11.1 Å². The van der Waals surface area contributed by atoms with Gasteiger partial charge in [-0.25, -0.2) is 4.21 Å². The molecule has 1 aromatic heterocycles. The maximum absolute atomic E-state index is 10.6. The number of aryl methyl sites for hydroxylation is 1. The SMILES string of the molecule is Cn1nc(C=O)cc1COS(C)=O. The summed E-state index contributed by atoms with van der Waals surface area (Å²) < 4.78 is 17.0. The van der Waals surface area contributed by atoms with Crippen LogP contribution < -0.4 is 0 Å². The highest BCUT2D eigenvalue weighted by atomic mass is 32.2. The van der Waals surface area contributed by atoms with E-state index in [4.69, 9.17) is 4.18 Å². The number of carbonyl (C=O) groups excluding carboxylic acids is 1. The number of hydrogen-bond acceptors (Lipinski definition) is 4. The lowest BCUT2D eigenvalue weighted by Gasteiger charge is -1.99. The quantitative estimate of drug-likeness (QED) is 0.647. The molecule has 0 N–H and O–H groups in total. The van der Waals surface area contributed by atoms with Crippen LogP contribution in [0.15, 0.2) is 6.07 Å². The molecule has 1 heterocycles. The lowest BCUT2D eigenvalue weighted by atomic mass is 10.4. The monoisotopic (exact) mass is 202 g/mol. The zero-order valence-electron chi connectivity index (χ0n) is 7.39. The van der Waals surface area contributed by atoms with Gasteiger partial charge in [-0.1, -0.05) is 0 Å². The van der Waals surface area contributed by atoms with E-state index in [1.807, 2.05) is 0 Å². The van der Waals surface area contributed by atoms with Gasteiger partial charge in [0, 0.05) is 13.3 Å². The van der Waals surface area contributed by atoms with Gasteiger partial charge in [-0.15, -0.1) is 0 Å². The predicted octanol–water partition coefficient (Wildman–Crippen LogP) is 0.0427. The Balaban J connectivity index is 2.70. The fourth-order valence-corrected chi connectivity index (χ4v) is 1.15. The molecule has 0 bridgehead atoms. The molecular formula is C7H10N2O3S. The van der Waals surface area contributed by atoms with E-state index in [9.17, 15) is 9.00 Å². The maximum atomic E-state index is 10.6. The van der Waals surface area contributed by atoms with Crippen molar-refractivity contribution in [3.63, 3.8) is 0 Å². The Morgan fingerprint density at radius 3 is 2.92 bits per heavy atom. The topological polar surface area (TPSA) is 61.2 Å². The highest BCUT2D eigenvalue weighted by molar-refractivity contribution is 7.79. The van der Waals surface area contributed by atoms with Crippen molar-refractivity contribution in [2.45, 2.75) is 6.61 Å². The Morgan fingerprint density at radius 2 is 2.46 bits per heavy atom. The van der Waals surface area contributed by atoms with Gasteiger partial charge in [0.15, 0.2) is 17.4 Å². The standard InChI is InChI=1S/C7H10N2O3S/c1-9-7(5-12-13(2)11)3-6(4-10)8-9/h3-4H,5H2,1-2H3. The van der Waals surface area contributed by atoms with Gasteiger partial charge in [0.1, 0.15) is 12.3 Å². The molecule has 1 aromatic rings. The molecule has 0 aliphatic rings. The van der Waals surface area contributed by atoms with Gasteiger partial charge < -0.3 is 0 Å². The zero-order chi connectivity index (χ0) is 9.84.